The number of hydrogen-bond donors (Lipinski definition) is 0. The third-order valence-electron chi connectivity index (χ3n) is 1.29. The summed E-state index contributed by atoms with van der Waals surface area (Å²) < 4.78 is 0. The molecule has 0 saturated carbocycles. The van der Waals surface area contributed by atoms with Crippen molar-refractivity contribution < 1.29 is 0 Å². The predicted molar refractivity (Wildman–Crippen MR) is 51.5 cm³/mol. The lowest BCUT2D eigenvalue weighted by Crippen LogP contribution is -2.13. The second kappa shape index (κ2) is 3.53. The average Bonchev–Trinajstić information content (AvgIpc) is 2.05. The van der Waals surface area contributed by atoms with Crippen LogP contribution in [0, 0.1) is 0 Å². The highest BCUT2D eigenvalue weighted by molar-refractivity contribution is 6.58. The van der Waals surface area contributed by atoms with Crippen molar-refractivity contribution in [3.05, 3.63) is 24.3 Å². The molecule has 0 saturated heterocycles. The molecule has 0 fully saturated rings. The highest BCUT2D eigenvalue weighted by atomic mass is 28.2. The van der Waals surface area contributed by atoms with E-state index in [-0.39, 0.29) is 0 Å². The van der Waals surface area contributed by atoms with Crippen LogP contribution in [0.1, 0.15) is 0 Å². The zero-order chi connectivity index (χ0) is 7.40. The van der Waals surface area contributed by atoms with E-state index in [4.69, 9.17) is 0 Å². The first-order valence-electron chi connectivity index (χ1n) is 3.03. The second-order valence-electron chi connectivity index (χ2n) is 1.93. The molecule has 0 spiro atoms. The van der Waals surface area contributed by atoms with E-state index in [1.54, 1.807) is 0 Å². The molecule has 0 aliphatic carbocycles. The average molecular weight is 160 g/mol. The molecule has 0 bridgehead atoms. The molecule has 2 radical (unpaired) electrons. The standard InChI is InChI=1S/C8H8Si2/c1-9-7-3-5-8(10-2)6-4-7/h3-6H,1-2H2. The van der Waals surface area contributed by atoms with Gasteiger partial charge >= 0.3 is 0 Å². The molecule has 0 aromatic heterocycles. The van der Waals surface area contributed by atoms with Crippen molar-refractivity contribution in [2.24, 2.45) is 0 Å². The molecule has 1 rings (SSSR count). The van der Waals surface area contributed by atoms with Gasteiger partial charge in [0.15, 0.2) is 0 Å². The minimum atomic E-state index is 0.660. The van der Waals surface area contributed by atoms with Crippen molar-refractivity contribution in [1.82, 2.24) is 0 Å². The highest BCUT2D eigenvalue weighted by Gasteiger charge is 1.85. The topological polar surface area (TPSA) is 0 Å². The lowest BCUT2D eigenvalue weighted by Gasteiger charge is -1.91. The maximum absolute atomic E-state index is 3.83. The molecule has 1 aromatic rings. The van der Waals surface area contributed by atoms with Crippen molar-refractivity contribution in [2.45, 2.75) is 0 Å². The van der Waals surface area contributed by atoms with Crippen molar-refractivity contribution in [3.63, 3.8) is 0 Å². The van der Waals surface area contributed by atoms with Gasteiger partial charge in [-0.05, 0) is 10.4 Å². The zero-order valence-electron chi connectivity index (χ0n) is 5.72. The maximum Gasteiger partial charge on any atom is 0.0518 e. The Kier molecular flexibility index (Phi) is 2.65. The summed E-state index contributed by atoms with van der Waals surface area (Å²) in [5, 5.41) is 2.64. The van der Waals surface area contributed by atoms with Crippen LogP contribution in [-0.2, 0) is 0 Å². The van der Waals surface area contributed by atoms with Crippen molar-refractivity contribution in [3.8, 4) is 0 Å². The smallest absolute Gasteiger partial charge is 0.0518 e. The quantitative estimate of drug-likeness (QED) is 0.498. The van der Waals surface area contributed by atoms with Gasteiger partial charge in [-0.3, -0.25) is 0 Å². The van der Waals surface area contributed by atoms with Gasteiger partial charge in [-0.1, -0.05) is 24.3 Å². The van der Waals surface area contributed by atoms with E-state index < -0.39 is 0 Å². The monoisotopic (exact) mass is 160 g/mol. The van der Waals surface area contributed by atoms with E-state index in [9.17, 15) is 0 Å². The minimum absolute atomic E-state index is 0.660. The van der Waals surface area contributed by atoms with E-state index in [0.29, 0.717) is 18.3 Å². The van der Waals surface area contributed by atoms with Crippen LogP contribution in [0.3, 0.4) is 0 Å². The SMILES string of the molecule is C=[Si]c1ccc([Si]=C)cc1. The molecular formula is C8H8Si2. The first-order chi connectivity index (χ1) is 4.86. The summed E-state index contributed by atoms with van der Waals surface area (Å²) in [5.74, 6) is 0. The van der Waals surface area contributed by atoms with Gasteiger partial charge in [-0.25, -0.2) is 0 Å². The summed E-state index contributed by atoms with van der Waals surface area (Å²) in [6, 6.07) is 8.50. The molecule has 0 heterocycles. The van der Waals surface area contributed by atoms with Gasteiger partial charge in [0.2, 0.25) is 0 Å². The molecule has 2 heteroatoms. The van der Waals surface area contributed by atoms with E-state index in [2.05, 4.69) is 36.6 Å². The largest absolute Gasteiger partial charge is 0.113 e. The fourth-order valence-electron chi connectivity index (χ4n) is 0.706. The Hall–Kier alpha value is -0.606. The number of hydrogen-bond acceptors (Lipinski definition) is 0. The Morgan fingerprint density at radius 2 is 1.10 bits per heavy atom. The molecule has 0 N–H and O–H groups in total. The van der Waals surface area contributed by atoms with Gasteiger partial charge in [0, 0.05) is 0 Å². The molecule has 0 atom stereocenters. The van der Waals surface area contributed by atoms with Crippen LogP contribution in [0.2, 0.25) is 0 Å². The first-order valence-corrected chi connectivity index (χ1v) is 5.44. The molecule has 0 aliphatic heterocycles. The van der Waals surface area contributed by atoms with Crippen LogP contribution in [0.5, 0.6) is 0 Å². The highest BCUT2D eigenvalue weighted by Crippen LogP contribution is 1.74. The predicted octanol–water partition coefficient (Wildman–Crippen LogP) is -0.790. The Morgan fingerprint density at radius 1 is 0.800 bits per heavy atom. The van der Waals surface area contributed by atoms with Crippen molar-refractivity contribution in [2.75, 3.05) is 0 Å². The van der Waals surface area contributed by atoms with Crippen LogP contribution < -0.4 is 10.4 Å². The summed E-state index contributed by atoms with van der Waals surface area (Å²) in [6.07, 6.45) is 7.65. The van der Waals surface area contributed by atoms with Crippen LogP contribution in [0.15, 0.2) is 24.3 Å². The number of benzene rings is 1. The third kappa shape index (κ3) is 1.68. The number of rotatable bonds is 2. The van der Waals surface area contributed by atoms with Gasteiger partial charge in [0.1, 0.15) is 0 Å². The zero-order valence-corrected chi connectivity index (χ0v) is 7.72. The Labute approximate surface area is 65.8 Å². The lowest BCUT2D eigenvalue weighted by atomic mass is 10.4. The van der Waals surface area contributed by atoms with Crippen molar-refractivity contribution >= 4 is 41.0 Å². The Morgan fingerprint density at radius 3 is 1.30 bits per heavy atom. The van der Waals surface area contributed by atoms with E-state index in [1.807, 2.05) is 0 Å². The van der Waals surface area contributed by atoms with Gasteiger partial charge in [-0.2, -0.15) is 0 Å². The Bertz CT molecular complexity index is 209. The molecule has 10 heavy (non-hydrogen) atoms. The lowest BCUT2D eigenvalue weighted by molar-refractivity contribution is 1.84. The second-order valence-corrected chi connectivity index (χ2v) is 3.79. The first kappa shape index (κ1) is 7.50. The third-order valence-corrected chi connectivity index (χ3v) is 2.78. The van der Waals surface area contributed by atoms with Gasteiger partial charge in [0.05, 0.1) is 18.3 Å². The molecule has 0 amide bonds. The molecule has 0 unspecified atom stereocenters. The van der Waals surface area contributed by atoms with E-state index in [1.165, 1.54) is 10.4 Å². The van der Waals surface area contributed by atoms with Crippen LogP contribution >= 0.6 is 0 Å². The summed E-state index contributed by atoms with van der Waals surface area (Å²) in [7, 11) is 1.32. The van der Waals surface area contributed by atoms with E-state index in [0.717, 1.165) is 0 Å². The maximum atomic E-state index is 3.83. The van der Waals surface area contributed by atoms with Crippen LogP contribution in [-0.4, -0.2) is 30.6 Å². The van der Waals surface area contributed by atoms with E-state index >= 15 is 0 Å². The summed E-state index contributed by atoms with van der Waals surface area (Å²) in [6.45, 7) is 0. The van der Waals surface area contributed by atoms with Gasteiger partial charge < -0.3 is 0 Å². The summed E-state index contributed by atoms with van der Waals surface area (Å²) in [5.41, 5.74) is 0. The van der Waals surface area contributed by atoms with Crippen LogP contribution in [0.4, 0.5) is 0 Å². The van der Waals surface area contributed by atoms with Gasteiger partial charge in [-0.15, -0.1) is 12.3 Å². The van der Waals surface area contributed by atoms with Crippen molar-refractivity contribution in [1.29, 1.82) is 0 Å². The molecule has 0 nitrogen and oxygen atoms in total. The minimum Gasteiger partial charge on any atom is -0.113 e. The fraction of sp³-hybridized carbons (Fsp3) is 0. The Balaban J connectivity index is 3.00. The van der Waals surface area contributed by atoms with Crippen LogP contribution in [0.25, 0.3) is 0 Å². The molecule has 1 aromatic carbocycles. The molecular weight excluding hydrogens is 152 g/mol. The molecule has 0 aliphatic rings. The van der Waals surface area contributed by atoms with Gasteiger partial charge in [0.25, 0.3) is 0 Å². The summed E-state index contributed by atoms with van der Waals surface area (Å²) in [4.78, 5) is 0. The molecule has 48 valence electrons. The normalized spacial score (nSPS) is 8.80. The summed E-state index contributed by atoms with van der Waals surface area (Å²) >= 11 is 0. The fourth-order valence-corrected chi connectivity index (χ4v) is 1.51.